The number of hydrogen-bond donors (Lipinski definition) is 1. The van der Waals surface area contributed by atoms with E-state index in [1.165, 1.54) is 19.3 Å². The topological polar surface area (TPSA) is 49.8 Å². The molecule has 1 heterocycles. The number of nitrogens with zero attached hydrogens (tertiary/aromatic N) is 1. The minimum Gasteiger partial charge on any atom is -0.507 e. The maximum absolute atomic E-state index is 12.8. The first-order chi connectivity index (χ1) is 12.5. The number of ketones is 1. The van der Waals surface area contributed by atoms with Crippen LogP contribution in [0.2, 0.25) is 0 Å². The molecule has 0 radical (unpaired) electrons. The van der Waals surface area contributed by atoms with Gasteiger partial charge in [0.15, 0.2) is 5.78 Å². The van der Waals surface area contributed by atoms with E-state index in [0.717, 1.165) is 25.2 Å². The summed E-state index contributed by atoms with van der Waals surface area (Å²) in [5.74, 6) is 0.462. The first-order valence-corrected chi connectivity index (χ1v) is 9.39. The molecule has 1 N–H and O–H groups in total. The first kappa shape index (κ1) is 18.5. The Bertz CT molecular complexity index is 749. The molecule has 1 fully saturated rings. The van der Waals surface area contributed by atoms with Gasteiger partial charge in [-0.25, -0.2) is 0 Å². The van der Waals surface area contributed by atoms with E-state index in [9.17, 15) is 9.90 Å². The van der Waals surface area contributed by atoms with Crippen LogP contribution in [0.15, 0.2) is 42.5 Å². The van der Waals surface area contributed by atoms with E-state index in [0.29, 0.717) is 16.9 Å². The average molecular weight is 353 g/mol. The highest BCUT2D eigenvalue weighted by atomic mass is 16.5. The van der Waals surface area contributed by atoms with Crippen molar-refractivity contribution < 1.29 is 14.6 Å². The standard InChI is InChI=1S/C22H27NO3/c1-16(2)26-21-14-20(24)19(22(25)17-9-5-3-6-10-17)13-18(21)15-23-11-7-4-8-12-23/h3,5-6,9-10,13-14,16,24H,4,7-8,11-12,15H2,1-2H3. The van der Waals surface area contributed by atoms with Crippen LogP contribution in [0.4, 0.5) is 0 Å². The Morgan fingerprint density at radius 1 is 1.12 bits per heavy atom. The Morgan fingerprint density at radius 3 is 2.46 bits per heavy atom. The van der Waals surface area contributed by atoms with Crippen LogP contribution in [0.25, 0.3) is 0 Å². The van der Waals surface area contributed by atoms with Crippen molar-refractivity contribution in [2.75, 3.05) is 13.1 Å². The number of piperidine rings is 1. The monoisotopic (exact) mass is 353 g/mol. The summed E-state index contributed by atoms with van der Waals surface area (Å²) in [6.45, 7) is 6.78. The van der Waals surface area contributed by atoms with Gasteiger partial charge in [-0.2, -0.15) is 0 Å². The van der Waals surface area contributed by atoms with E-state index in [1.807, 2.05) is 32.0 Å². The lowest BCUT2D eigenvalue weighted by molar-refractivity contribution is 0.103. The van der Waals surface area contributed by atoms with E-state index < -0.39 is 0 Å². The number of rotatable bonds is 6. The molecule has 0 saturated carbocycles. The van der Waals surface area contributed by atoms with Gasteiger partial charge in [0.1, 0.15) is 11.5 Å². The van der Waals surface area contributed by atoms with Crippen molar-refractivity contribution in [3.8, 4) is 11.5 Å². The SMILES string of the molecule is CC(C)Oc1cc(O)c(C(=O)c2ccccc2)cc1CN1CCCCC1. The molecule has 0 amide bonds. The highest BCUT2D eigenvalue weighted by molar-refractivity contribution is 6.10. The maximum Gasteiger partial charge on any atom is 0.196 e. The largest absolute Gasteiger partial charge is 0.507 e. The number of likely N-dealkylation sites (tertiary alicyclic amines) is 1. The fraction of sp³-hybridized carbons (Fsp3) is 0.409. The fourth-order valence-corrected chi connectivity index (χ4v) is 3.39. The Balaban J connectivity index is 1.94. The van der Waals surface area contributed by atoms with Crippen LogP contribution >= 0.6 is 0 Å². The highest BCUT2D eigenvalue weighted by Crippen LogP contribution is 2.32. The molecule has 0 aliphatic carbocycles. The molecule has 1 aliphatic rings. The Hall–Kier alpha value is -2.33. The van der Waals surface area contributed by atoms with Crippen molar-refractivity contribution in [1.29, 1.82) is 0 Å². The first-order valence-electron chi connectivity index (χ1n) is 9.39. The van der Waals surface area contributed by atoms with Crippen LogP contribution < -0.4 is 4.74 Å². The number of phenolic OH excluding ortho intramolecular Hbond substituents is 1. The second-order valence-electron chi connectivity index (χ2n) is 7.18. The molecule has 4 nitrogen and oxygen atoms in total. The Labute approximate surface area is 155 Å². The van der Waals surface area contributed by atoms with Crippen LogP contribution in [0.1, 0.15) is 54.6 Å². The minimum atomic E-state index is -0.168. The van der Waals surface area contributed by atoms with Gasteiger partial charge in [0, 0.05) is 23.7 Å². The molecule has 1 aliphatic heterocycles. The van der Waals surface area contributed by atoms with Crippen LogP contribution in [-0.4, -0.2) is 35.0 Å². The van der Waals surface area contributed by atoms with Crippen LogP contribution in [0.3, 0.4) is 0 Å². The summed E-state index contributed by atoms with van der Waals surface area (Å²) in [7, 11) is 0. The number of hydrogen-bond acceptors (Lipinski definition) is 4. The second kappa shape index (κ2) is 8.37. The molecule has 2 aromatic carbocycles. The minimum absolute atomic E-state index is 0.00480. The van der Waals surface area contributed by atoms with Gasteiger partial charge in [-0.05, 0) is 45.8 Å². The van der Waals surface area contributed by atoms with Crippen molar-refractivity contribution in [3.63, 3.8) is 0 Å². The third-order valence-electron chi connectivity index (χ3n) is 4.66. The molecule has 4 heteroatoms. The molecule has 0 atom stereocenters. The third kappa shape index (κ3) is 4.44. The summed E-state index contributed by atoms with van der Waals surface area (Å²) in [6, 6.07) is 12.5. The molecule has 1 saturated heterocycles. The van der Waals surface area contributed by atoms with Gasteiger partial charge < -0.3 is 9.84 Å². The van der Waals surface area contributed by atoms with Crippen molar-refractivity contribution in [2.45, 2.75) is 45.8 Å². The molecule has 0 aromatic heterocycles. The molecule has 0 unspecified atom stereocenters. The molecule has 3 rings (SSSR count). The van der Waals surface area contributed by atoms with Gasteiger partial charge in [-0.1, -0.05) is 36.8 Å². The summed E-state index contributed by atoms with van der Waals surface area (Å²) in [5.41, 5.74) is 1.86. The van der Waals surface area contributed by atoms with E-state index in [2.05, 4.69) is 4.90 Å². The van der Waals surface area contributed by atoms with Gasteiger partial charge in [0.05, 0.1) is 11.7 Å². The lowest BCUT2D eigenvalue weighted by atomic mass is 9.99. The number of carbonyl (C=O) groups excluding carboxylic acids is 1. The quantitative estimate of drug-likeness (QED) is 0.782. The van der Waals surface area contributed by atoms with E-state index in [1.54, 1.807) is 24.3 Å². The zero-order chi connectivity index (χ0) is 18.5. The Morgan fingerprint density at radius 2 is 1.81 bits per heavy atom. The molecule has 138 valence electrons. The number of aromatic hydroxyl groups is 1. The van der Waals surface area contributed by atoms with Gasteiger partial charge in [-0.3, -0.25) is 9.69 Å². The lowest BCUT2D eigenvalue weighted by Crippen LogP contribution is -2.29. The fourth-order valence-electron chi connectivity index (χ4n) is 3.39. The number of benzene rings is 2. The van der Waals surface area contributed by atoms with E-state index in [4.69, 9.17) is 4.74 Å². The summed E-state index contributed by atoms with van der Waals surface area (Å²) in [4.78, 5) is 15.2. The number of phenols is 1. The molecular formula is C22H27NO3. The summed E-state index contributed by atoms with van der Waals surface area (Å²) in [6.07, 6.45) is 3.69. The summed E-state index contributed by atoms with van der Waals surface area (Å²) < 4.78 is 5.91. The van der Waals surface area contributed by atoms with Crippen LogP contribution in [0.5, 0.6) is 11.5 Å². The van der Waals surface area contributed by atoms with Crippen molar-refractivity contribution >= 4 is 5.78 Å². The van der Waals surface area contributed by atoms with Gasteiger partial charge in [0.25, 0.3) is 0 Å². The molecule has 26 heavy (non-hydrogen) atoms. The predicted molar refractivity (Wildman–Crippen MR) is 103 cm³/mol. The second-order valence-corrected chi connectivity index (χ2v) is 7.18. The van der Waals surface area contributed by atoms with Crippen molar-refractivity contribution in [2.24, 2.45) is 0 Å². The molecular weight excluding hydrogens is 326 g/mol. The number of carbonyl (C=O) groups is 1. The van der Waals surface area contributed by atoms with Crippen molar-refractivity contribution in [3.05, 3.63) is 59.2 Å². The maximum atomic E-state index is 12.8. The molecule has 2 aromatic rings. The average Bonchev–Trinajstić information content (AvgIpc) is 2.64. The van der Waals surface area contributed by atoms with Gasteiger partial charge in [0.2, 0.25) is 0 Å². The smallest absolute Gasteiger partial charge is 0.196 e. The summed E-state index contributed by atoms with van der Waals surface area (Å²) in [5, 5.41) is 10.5. The third-order valence-corrected chi connectivity index (χ3v) is 4.66. The van der Waals surface area contributed by atoms with Crippen molar-refractivity contribution in [1.82, 2.24) is 4.90 Å². The lowest BCUT2D eigenvalue weighted by Gasteiger charge is -2.28. The summed E-state index contributed by atoms with van der Waals surface area (Å²) >= 11 is 0. The predicted octanol–water partition coefficient (Wildman–Crippen LogP) is 4.40. The molecule has 0 spiro atoms. The van der Waals surface area contributed by atoms with Gasteiger partial charge >= 0.3 is 0 Å². The zero-order valence-corrected chi connectivity index (χ0v) is 15.6. The normalized spacial score (nSPS) is 15.2. The van der Waals surface area contributed by atoms with Gasteiger partial charge in [-0.15, -0.1) is 0 Å². The van der Waals surface area contributed by atoms with Crippen LogP contribution in [-0.2, 0) is 6.54 Å². The van der Waals surface area contributed by atoms with Crippen LogP contribution in [0, 0.1) is 0 Å². The highest BCUT2D eigenvalue weighted by Gasteiger charge is 2.20. The zero-order valence-electron chi connectivity index (χ0n) is 15.6. The van der Waals surface area contributed by atoms with E-state index in [-0.39, 0.29) is 17.6 Å². The number of ether oxygens (including phenoxy) is 1. The Kier molecular flexibility index (Phi) is 5.94. The molecule has 0 bridgehead atoms. The van der Waals surface area contributed by atoms with E-state index >= 15 is 0 Å².